The van der Waals surface area contributed by atoms with Gasteiger partial charge >= 0.3 is 0 Å². The Morgan fingerprint density at radius 1 is 1.26 bits per heavy atom. The topological polar surface area (TPSA) is 92.3 Å². The number of fused-ring (bicyclic) bond motifs is 2. The first-order valence-electron chi connectivity index (χ1n) is 10.5. The maximum atomic E-state index is 13.1. The quantitative estimate of drug-likeness (QED) is 0.710. The summed E-state index contributed by atoms with van der Waals surface area (Å²) in [6, 6.07) is 12.8. The normalized spacial score (nSPS) is 21.4. The third-order valence-corrected chi connectivity index (χ3v) is 9.23. The number of aryl methyl sites for hydroxylation is 1. The number of sulfone groups is 1. The van der Waals surface area contributed by atoms with E-state index in [4.69, 9.17) is 0 Å². The zero-order valence-corrected chi connectivity index (χ0v) is 19.2. The zero-order valence-electron chi connectivity index (χ0n) is 17.6. The van der Waals surface area contributed by atoms with Gasteiger partial charge in [0.05, 0.1) is 27.1 Å². The minimum absolute atomic E-state index is 0.0784. The molecule has 31 heavy (non-hydrogen) atoms. The van der Waals surface area contributed by atoms with Crippen LogP contribution in [0.25, 0.3) is 0 Å². The lowest BCUT2D eigenvalue weighted by Crippen LogP contribution is -2.34. The molecular formula is C23H26N2O4S2. The van der Waals surface area contributed by atoms with Crippen LogP contribution in [0.5, 0.6) is 0 Å². The summed E-state index contributed by atoms with van der Waals surface area (Å²) < 4.78 is 26.2. The van der Waals surface area contributed by atoms with Gasteiger partial charge in [-0.15, -0.1) is 11.8 Å². The Kier molecular flexibility index (Phi) is 6.12. The van der Waals surface area contributed by atoms with Crippen LogP contribution in [0.15, 0.2) is 52.3 Å². The van der Waals surface area contributed by atoms with Gasteiger partial charge < -0.3 is 10.6 Å². The molecule has 0 aromatic heterocycles. The molecule has 4 rings (SSSR count). The maximum absolute atomic E-state index is 13.1. The van der Waals surface area contributed by atoms with Gasteiger partial charge in [0.2, 0.25) is 11.8 Å². The Morgan fingerprint density at radius 2 is 2.03 bits per heavy atom. The summed E-state index contributed by atoms with van der Waals surface area (Å²) in [5, 5.41) is 4.69. The number of thioether (sulfide) groups is 1. The molecule has 164 valence electrons. The molecule has 0 radical (unpaired) electrons. The number of hydrogen-bond donors (Lipinski definition) is 2. The minimum atomic E-state index is -3.72. The van der Waals surface area contributed by atoms with Gasteiger partial charge in [-0.05, 0) is 62.4 Å². The molecule has 1 aliphatic carbocycles. The number of benzene rings is 2. The molecule has 2 aromatic rings. The van der Waals surface area contributed by atoms with Gasteiger partial charge in [0.15, 0.2) is 9.84 Å². The summed E-state index contributed by atoms with van der Waals surface area (Å²) in [7, 11) is -3.72. The van der Waals surface area contributed by atoms with E-state index in [1.54, 1.807) is 26.0 Å². The smallest absolute Gasteiger partial charge is 0.237 e. The van der Waals surface area contributed by atoms with Gasteiger partial charge in [-0.25, -0.2) is 8.42 Å². The van der Waals surface area contributed by atoms with Gasteiger partial charge in [0.25, 0.3) is 0 Å². The Balaban J connectivity index is 1.46. The van der Waals surface area contributed by atoms with Crippen molar-refractivity contribution in [3.63, 3.8) is 0 Å². The molecule has 2 amide bonds. The first-order valence-corrected chi connectivity index (χ1v) is 12.9. The number of carbonyl (C=O) groups excluding carboxylic acids is 2. The number of rotatable bonds is 5. The van der Waals surface area contributed by atoms with Crippen LogP contribution < -0.4 is 10.6 Å². The van der Waals surface area contributed by atoms with E-state index in [1.165, 1.54) is 23.4 Å². The summed E-state index contributed by atoms with van der Waals surface area (Å²) in [6.45, 7) is 3.36. The zero-order chi connectivity index (χ0) is 22.2. The van der Waals surface area contributed by atoms with Crippen molar-refractivity contribution >= 4 is 39.1 Å². The van der Waals surface area contributed by atoms with E-state index in [9.17, 15) is 18.0 Å². The molecule has 2 N–H and O–H groups in total. The lowest BCUT2D eigenvalue weighted by Gasteiger charge is -2.27. The van der Waals surface area contributed by atoms with Crippen LogP contribution in [0.2, 0.25) is 0 Å². The molecule has 0 bridgehead atoms. The molecule has 6 nitrogen and oxygen atoms in total. The van der Waals surface area contributed by atoms with Crippen molar-refractivity contribution in [2.24, 2.45) is 0 Å². The molecule has 1 heterocycles. The van der Waals surface area contributed by atoms with Crippen molar-refractivity contribution < 1.29 is 18.0 Å². The molecule has 8 heteroatoms. The summed E-state index contributed by atoms with van der Waals surface area (Å²) in [4.78, 5) is 25.6. The van der Waals surface area contributed by atoms with Crippen LogP contribution >= 0.6 is 11.8 Å². The minimum Gasteiger partial charge on any atom is -0.349 e. The molecule has 0 spiro atoms. The van der Waals surface area contributed by atoms with Crippen LogP contribution in [0.4, 0.5) is 5.69 Å². The van der Waals surface area contributed by atoms with Crippen molar-refractivity contribution in [1.82, 2.24) is 5.32 Å². The molecule has 0 saturated heterocycles. The molecule has 1 aliphatic heterocycles. The predicted molar refractivity (Wildman–Crippen MR) is 122 cm³/mol. The van der Waals surface area contributed by atoms with E-state index in [1.807, 2.05) is 18.2 Å². The molecule has 3 unspecified atom stereocenters. The first kappa shape index (κ1) is 21.9. The fourth-order valence-corrected chi connectivity index (χ4v) is 6.43. The second-order valence-electron chi connectivity index (χ2n) is 8.18. The van der Waals surface area contributed by atoms with Crippen molar-refractivity contribution in [3.8, 4) is 0 Å². The maximum Gasteiger partial charge on any atom is 0.237 e. The lowest BCUT2D eigenvalue weighted by atomic mass is 9.87. The van der Waals surface area contributed by atoms with Gasteiger partial charge in [0.1, 0.15) is 0 Å². The standard InChI is InChI=1S/C23H26N2O4S2/c1-14(12-22(26)24-19-9-5-7-16-6-3-4-8-18(16)19)31(28,29)17-10-11-21-20(13-17)25-23(27)15(2)30-21/h3-4,6,8,10-11,13-15,19H,5,7,9,12H2,1-2H3,(H,24,26)(H,25,27). The number of amides is 2. The number of hydrogen-bond acceptors (Lipinski definition) is 5. The van der Waals surface area contributed by atoms with E-state index >= 15 is 0 Å². The van der Waals surface area contributed by atoms with Crippen LogP contribution in [-0.4, -0.2) is 30.7 Å². The van der Waals surface area contributed by atoms with Crippen molar-refractivity contribution in [2.45, 2.75) is 65.9 Å². The number of nitrogens with one attached hydrogen (secondary N) is 2. The SMILES string of the molecule is CC1Sc2ccc(S(=O)(=O)C(C)CC(=O)NC3CCCc4ccccc43)cc2NC1=O. The molecule has 0 saturated carbocycles. The first-order chi connectivity index (χ1) is 14.8. The van der Waals surface area contributed by atoms with E-state index < -0.39 is 15.1 Å². The average molecular weight is 459 g/mol. The van der Waals surface area contributed by atoms with E-state index in [0.29, 0.717) is 5.69 Å². The van der Waals surface area contributed by atoms with Crippen molar-refractivity contribution in [2.75, 3.05) is 5.32 Å². The molecule has 2 aromatic carbocycles. The number of anilines is 1. The lowest BCUT2D eigenvalue weighted by molar-refractivity contribution is -0.122. The Morgan fingerprint density at radius 3 is 2.84 bits per heavy atom. The summed E-state index contributed by atoms with van der Waals surface area (Å²) >= 11 is 1.40. The van der Waals surface area contributed by atoms with Crippen LogP contribution in [0, 0.1) is 0 Å². The Bertz CT molecular complexity index is 1130. The fraction of sp³-hybridized carbons (Fsp3) is 0.391. The monoisotopic (exact) mass is 458 g/mol. The Labute approximate surface area is 187 Å². The molecule has 0 fully saturated rings. The molecule has 3 atom stereocenters. The highest BCUT2D eigenvalue weighted by atomic mass is 32.2. The Hall–Kier alpha value is -2.32. The van der Waals surface area contributed by atoms with Crippen LogP contribution in [0.1, 0.15) is 50.3 Å². The van der Waals surface area contributed by atoms with E-state index in [0.717, 1.165) is 29.7 Å². The van der Waals surface area contributed by atoms with Crippen LogP contribution in [-0.2, 0) is 25.8 Å². The largest absolute Gasteiger partial charge is 0.349 e. The van der Waals surface area contributed by atoms with Crippen molar-refractivity contribution in [1.29, 1.82) is 0 Å². The van der Waals surface area contributed by atoms with Gasteiger partial charge in [-0.1, -0.05) is 24.3 Å². The van der Waals surface area contributed by atoms with Crippen molar-refractivity contribution in [3.05, 3.63) is 53.6 Å². The van der Waals surface area contributed by atoms with E-state index in [2.05, 4.69) is 16.7 Å². The van der Waals surface area contributed by atoms with Crippen LogP contribution in [0.3, 0.4) is 0 Å². The fourth-order valence-electron chi connectivity index (χ4n) is 4.13. The highest BCUT2D eigenvalue weighted by Crippen LogP contribution is 2.37. The van der Waals surface area contributed by atoms with E-state index in [-0.39, 0.29) is 34.4 Å². The average Bonchev–Trinajstić information content (AvgIpc) is 2.74. The summed E-state index contributed by atoms with van der Waals surface area (Å²) in [5.74, 6) is -0.416. The van der Waals surface area contributed by atoms with Gasteiger partial charge in [-0.2, -0.15) is 0 Å². The molecular weight excluding hydrogens is 432 g/mol. The van der Waals surface area contributed by atoms with Gasteiger partial charge in [-0.3, -0.25) is 9.59 Å². The third-order valence-electron chi connectivity index (χ3n) is 5.92. The highest BCUT2D eigenvalue weighted by molar-refractivity contribution is 8.01. The third kappa shape index (κ3) is 4.50. The second-order valence-corrected chi connectivity index (χ2v) is 11.9. The second kappa shape index (κ2) is 8.67. The number of carbonyl (C=O) groups is 2. The summed E-state index contributed by atoms with van der Waals surface area (Å²) in [5.41, 5.74) is 2.86. The molecule has 2 aliphatic rings. The summed E-state index contributed by atoms with van der Waals surface area (Å²) in [6.07, 6.45) is 2.73. The predicted octanol–water partition coefficient (Wildman–Crippen LogP) is 3.87. The van der Waals surface area contributed by atoms with Gasteiger partial charge in [0, 0.05) is 11.3 Å². The highest BCUT2D eigenvalue weighted by Gasteiger charge is 2.30.